The second-order valence-corrected chi connectivity index (χ2v) is 4.16. The van der Waals surface area contributed by atoms with Crippen LogP contribution in [0.2, 0.25) is 0 Å². The molecule has 6 nitrogen and oxygen atoms in total. The highest BCUT2D eigenvalue weighted by atomic mass is 16.4. The Hall–Kier alpha value is -2.08. The van der Waals surface area contributed by atoms with Gasteiger partial charge in [-0.2, -0.15) is 0 Å². The van der Waals surface area contributed by atoms with Crippen LogP contribution in [-0.2, 0) is 4.79 Å². The number of carbonyl (C=O) groups excluding carboxylic acids is 1. The number of anilines is 1. The van der Waals surface area contributed by atoms with Gasteiger partial charge in [-0.15, -0.1) is 0 Å². The maximum Gasteiger partial charge on any atom is 0.337 e. The number of carbonyl (C=O) groups is 2. The molecule has 18 heavy (non-hydrogen) atoms. The van der Waals surface area contributed by atoms with Gasteiger partial charge in [0.25, 0.3) is 0 Å². The topological polar surface area (TPSA) is 81.1 Å². The van der Waals surface area contributed by atoms with Crippen LogP contribution in [0.3, 0.4) is 0 Å². The van der Waals surface area contributed by atoms with Crippen molar-refractivity contribution < 1.29 is 19.8 Å². The van der Waals surface area contributed by atoms with Crippen LogP contribution >= 0.6 is 0 Å². The van der Waals surface area contributed by atoms with E-state index >= 15 is 0 Å². The monoisotopic (exact) mass is 250 g/mol. The maximum absolute atomic E-state index is 11.9. The molecule has 0 saturated carbocycles. The van der Waals surface area contributed by atoms with Gasteiger partial charge in [-0.05, 0) is 6.07 Å². The Kier molecular flexibility index (Phi) is 3.20. The molecule has 1 heterocycles. The molecular formula is C12H14N2O4. The van der Waals surface area contributed by atoms with Crippen molar-refractivity contribution in [3.63, 3.8) is 0 Å². The molecule has 1 aromatic rings. The van der Waals surface area contributed by atoms with Gasteiger partial charge < -0.3 is 15.1 Å². The fraction of sp³-hybridized carbons (Fsp3) is 0.333. The molecule has 1 saturated heterocycles. The summed E-state index contributed by atoms with van der Waals surface area (Å²) in [5.41, 5.74) is 0.676. The number of para-hydroxylation sites is 1. The molecule has 2 amide bonds. The Balaban J connectivity index is 2.39. The van der Waals surface area contributed by atoms with Crippen molar-refractivity contribution >= 4 is 17.7 Å². The van der Waals surface area contributed by atoms with Gasteiger partial charge in [0.05, 0.1) is 5.69 Å². The Morgan fingerprint density at radius 1 is 1.33 bits per heavy atom. The summed E-state index contributed by atoms with van der Waals surface area (Å²) >= 11 is 0. The average molecular weight is 250 g/mol. The molecule has 2 rings (SSSR count). The van der Waals surface area contributed by atoms with Crippen LogP contribution in [-0.4, -0.2) is 47.3 Å². The van der Waals surface area contributed by atoms with Gasteiger partial charge in [0.2, 0.25) is 0 Å². The van der Waals surface area contributed by atoms with E-state index in [2.05, 4.69) is 0 Å². The Morgan fingerprint density at radius 2 is 2.00 bits per heavy atom. The van der Waals surface area contributed by atoms with Crippen LogP contribution in [0, 0.1) is 0 Å². The van der Waals surface area contributed by atoms with Gasteiger partial charge in [0.1, 0.15) is 0 Å². The molecule has 2 N–H and O–H groups in total. The number of amides is 2. The summed E-state index contributed by atoms with van der Waals surface area (Å²) < 4.78 is 0. The molecule has 0 aromatic heterocycles. The van der Waals surface area contributed by atoms with Gasteiger partial charge in [0, 0.05) is 25.7 Å². The lowest BCUT2D eigenvalue weighted by Gasteiger charge is -2.20. The van der Waals surface area contributed by atoms with Crippen LogP contribution in [0.4, 0.5) is 10.5 Å². The maximum atomic E-state index is 11.9. The molecule has 1 atom stereocenters. The van der Waals surface area contributed by atoms with Crippen LogP contribution in [0.5, 0.6) is 0 Å². The number of urea groups is 1. The first-order valence-corrected chi connectivity index (χ1v) is 5.55. The van der Waals surface area contributed by atoms with E-state index in [4.69, 9.17) is 5.11 Å². The summed E-state index contributed by atoms with van der Waals surface area (Å²) in [7, 11) is 1.68. The first-order valence-electron chi connectivity index (χ1n) is 5.55. The fourth-order valence-electron chi connectivity index (χ4n) is 1.97. The van der Waals surface area contributed by atoms with Crippen LogP contribution in [0.1, 0.15) is 11.7 Å². The molecule has 1 aromatic carbocycles. The van der Waals surface area contributed by atoms with Crippen LogP contribution < -0.4 is 4.90 Å². The van der Waals surface area contributed by atoms with E-state index in [-0.39, 0.29) is 11.6 Å². The third kappa shape index (κ3) is 2.02. The van der Waals surface area contributed by atoms with Gasteiger partial charge >= 0.3 is 12.0 Å². The Labute approximate surface area is 104 Å². The smallest absolute Gasteiger partial charge is 0.337 e. The van der Waals surface area contributed by atoms with E-state index in [1.807, 2.05) is 0 Å². The number of nitrogens with zero attached hydrogens (tertiary/aromatic N) is 2. The predicted octanol–water partition coefficient (Wildman–Crippen LogP) is 0.676. The lowest BCUT2D eigenvalue weighted by molar-refractivity contribution is -0.146. The van der Waals surface area contributed by atoms with Crippen molar-refractivity contribution in [2.24, 2.45) is 0 Å². The second-order valence-electron chi connectivity index (χ2n) is 4.16. The number of aliphatic hydroxyl groups is 1. The van der Waals surface area contributed by atoms with Gasteiger partial charge in [-0.3, -0.25) is 4.90 Å². The summed E-state index contributed by atoms with van der Waals surface area (Å²) in [6, 6.07) is 6.30. The highest BCUT2D eigenvalue weighted by molar-refractivity contribution is 5.95. The number of carboxylic acid groups (broad SMARTS) is 1. The molecule has 1 aliphatic rings. The van der Waals surface area contributed by atoms with E-state index in [0.717, 1.165) is 0 Å². The van der Waals surface area contributed by atoms with Crippen molar-refractivity contribution in [3.05, 3.63) is 29.8 Å². The predicted molar refractivity (Wildman–Crippen MR) is 64.4 cm³/mol. The van der Waals surface area contributed by atoms with E-state index in [1.54, 1.807) is 30.1 Å². The third-order valence-corrected chi connectivity index (χ3v) is 2.97. The molecule has 0 aliphatic carbocycles. The van der Waals surface area contributed by atoms with E-state index in [1.165, 1.54) is 11.0 Å². The Bertz CT molecular complexity index is 489. The van der Waals surface area contributed by atoms with Crippen molar-refractivity contribution in [1.82, 2.24) is 4.90 Å². The quantitative estimate of drug-likeness (QED) is 0.826. The zero-order valence-electron chi connectivity index (χ0n) is 9.91. The summed E-state index contributed by atoms with van der Waals surface area (Å²) in [5, 5.41) is 18.5. The van der Waals surface area contributed by atoms with Crippen molar-refractivity contribution in [2.75, 3.05) is 25.0 Å². The molecule has 0 radical (unpaired) electrons. The zero-order chi connectivity index (χ0) is 13.3. The normalized spacial score (nSPS) is 17.1. The first kappa shape index (κ1) is 12.4. The highest BCUT2D eigenvalue weighted by Crippen LogP contribution is 2.28. The summed E-state index contributed by atoms with van der Waals surface area (Å²) in [6.45, 7) is 1.06. The van der Waals surface area contributed by atoms with Gasteiger partial charge in [-0.1, -0.05) is 18.2 Å². The molecular weight excluding hydrogens is 236 g/mol. The largest absolute Gasteiger partial charge is 0.479 e. The number of carboxylic acids is 1. The third-order valence-electron chi connectivity index (χ3n) is 2.97. The molecule has 96 valence electrons. The van der Waals surface area contributed by atoms with Crippen molar-refractivity contribution in [1.29, 1.82) is 0 Å². The molecule has 6 heteroatoms. The minimum atomic E-state index is -1.63. The second kappa shape index (κ2) is 4.66. The SMILES string of the molecule is CN1CCN(c2ccccc2C(O)C(=O)O)C1=O. The first-order chi connectivity index (χ1) is 8.52. The molecule has 1 aliphatic heterocycles. The number of rotatable bonds is 3. The summed E-state index contributed by atoms with van der Waals surface area (Å²) in [5.74, 6) is -1.33. The minimum Gasteiger partial charge on any atom is -0.479 e. The fourth-order valence-corrected chi connectivity index (χ4v) is 1.97. The van der Waals surface area contributed by atoms with Gasteiger partial charge in [0.15, 0.2) is 6.10 Å². The molecule has 1 fully saturated rings. The van der Waals surface area contributed by atoms with E-state index < -0.39 is 12.1 Å². The Morgan fingerprint density at radius 3 is 2.56 bits per heavy atom. The number of likely N-dealkylation sites (N-methyl/N-ethyl adjacent to an activating group) is 1. The summed E-state index contributed by atoms with van der Waals surface area (Å²) in [6.07, 6.45) is -1.63. The zero-order valence-corrected chi connectivity index (χ0v) is 9.91. The molecule has 1 unspecified atom stereocenters. The standard InChI is InChI=1S/C12H14N2O4/c1-13-6-7-14(12(13)18)9-5-3-2-4-8(9)10(15)11(16)17/h2-5,10,15H,6-7H2,1H3,(H,16,17). The number of benzene rings is 1. The van der Waals surface area contributed by atoms with E-state index in [9.17, 15) is 14.7 Å². The summed E-state index contributed by atoms with van der Waals surface area (Å²) in [4.78, 5) is 25.7. The van der Waals surface area contributed by atoms with Crippen LogP contribution in [0.25, 0.3) is 0 Å². The number of hydrogen-bond acceptors (Lipinski definition) is 3. The number of aliphatic carboxylic acids is 1. The number of aliphatic hydroxyl groups excluding tert-OH is 1. The lowest BCUT2D eigenvalue weighted by Crippen LogP contribution is -2.30. The highest BCUT2D eigenvalue weighted by Gasteiger charge is 2.30. The van der Waals surface area contributed by atoms with Crippen molar-refractivity contribution in [3.8, 4) is 0 Å². The van der Waals surface area contributed by atoms with Crippen LogP contribution in [0.15, 0.2) is 24.3 Å². The lowest BCUT2D eigenvalue weighted by atomic mass is 10.1. The van der Waals surface area contributed by atoms with Gasteiger partial charge in [-0.25, -0.2) is 9.59 Å². The minimum absolute atomic E-state index is 0.194. The van der Waals surface area contributed by atoms with Crippen molar-refractivity contribution in [2.45, 2.75) is 6.10 Å². The number of hydrogen-bond donors (Lipinski definition) is 2. The van der Waals surface area contributed by atoms with E-state index in [0.29, 0.717) is 18.8 Å². The molecule has 0 spiro atoms. The molecule has 0 bridgehead atoms. The average Bonchev–Trinajstić information content (AvgIpc) is 2.69.